The van der Waals surface area contributed by atoms with Crippen molar-refractivity contribution in [2.24, 2.45) is 5.92 Å². The van der Waals surface area contributed by atoms with E-state index in [9.17, 15) is 5.26 Å². The van der Waals surface area contributed by atoms with Crippen LogP contribution in [0.4, 0.5) is 5.69 Å². The Morgan fingerprint density at radius 3 is 2.57 bits per heavy atom. The molecule has 0 heterocycles. The van der Waals surface area contributed by atoms with Crippen molar-refractivity contribution in [1.82, 2.24) is 0 Å². The highest BCUT2D eigenvalue weighted by molar-refractivity contribution is 5.97. The molecule has 0 aromatic heterocycles. The number of hydrogen-bond acceptors (Lipinski definition) is 2. The molecule has 21 heavy (non-hydrogen) atoms. The molecule has 0 spiro atoms. The van der Waals surface area contributed by atoms with Crippen LogP contribution >= 0.6 is 0 Å². The molecule has 2 unspecified atom stereocenters. The van der Waals surface area contributed by atoms with Crippen molar-refractivity contribution in [2.45, 2.75) is 38.6 Å². The normalized spacial score (nSPS) is 22.0. The van der Waals surface area contributed by atoms with Crippen molar-refractivity contribution < 1.29 is 0 Å². The second-order valence-corrected chi connectivity index (χ2v) is 6.33. The highest BCUT2D eigenvalue weighted by Gasteiger charge is 2.23. The van der Waals surface area contributed by atoms with Gasteiger partial charge in [-0.3, -0.25) is 0 Å². The van der Waals surface area contributed by atoms with Gasteiger partial charge in [-0.1, -0.05) is 44.0 Å². The molecule has 0 saturated heterocycles. The summed E-state index contributed by atoms with van der Waals surface area (Å²) in [5.41, 5.74) is 2.02. The van der Waals surface area contributed by atoms with Gasteiger partial charge in [0.1, 0.15) is 0 Å². The Balaban J connectivity index is 2.02. The first kappa shape index (κ1) is 13.9. The second kappa shape index (κ2) is 5.77. The van der Waals surface area contributed by atoms with E-state index in [0.717, 1.165) is 16.9 Å². The molecule has 0 bridgehead atoms. The fourth-order valence-electron chi connectivity index (χ4n) is 3.64. The number of rotatable bonds is 2. The molecule has 2 nitrogen and oxygen atoms in total. The molecular weight excluding hydrogens is 256 g/mol. The topological polar surface area (TPSA) is 27.0 Å². The van der Waals surface area contributed by atoms with Gasteiger partial charge in [0, 0.05) is 29.5 Å². The first-order chi connectivity index (χ1) is 10.2. The Labute approximate surface area is 127 Å². The molecule has 2 atom stereocenters. The van der Waals surface area contributed by atoms with Crippen molar-refractivity contribution >= 4 is 16.5 Å². The minimum atomic E-state index is 0.616. The summed E-state index contributed by atoms with van der Waals surface area (Å²) >= 11 is 0. The zero-order valence-corrected chi connectivity index (χ0v) is 12.8. The Bertz CT molecular complexity index is 684. The summed E-state index contributed by atoms with van der Waals surface area (Å²) in [6.45, 7) is 2.36. The molecule has 1 aliphatic carbocycles. The second-order valence-electron chi connectivity index (χ2n) is 6.33. The minimum absolute atomic E-state index is 0.616. The molecule has 1 fully saturated rings. The van der Waals surface area contributed by atoms with Gasteiger partial charge in [0.15, 0.2) is 0 Å². The summed E-state index contributed by atoms with van der Waals surface area (Å²) in [5.74, 6) is 0.816. The van der Waals surface area contributed by atoms with E-state index in [1.54, 1.807) is 0 Å². The average Bonchev–Trinajstić information content (AvgIpc) is 2.53. The van der Waals surface area contributed by atoms with Crippen molar-refractivity contribution in [1.29, 1.82) is 5.26 Å². The lowest BCUT2D eigenvalue weighted by molar-refractivity contribution is 0.337. The lowest BCUT2D eigenvalue weighted by atomic mass is 9.86. The fraction of sp³-hybridized carbons (Fsp3) is 0.421. The van der Waals surface area contributed by atoms with Crippen LogP contribution in [0.2, 0.25) is 0 Å². The summed E-state index contributed by atoms with van der Waals surface area (Å²) in [7, 11) is 2.20. The van der Waals surface area contributed by atoms with Crippen LogP contribution in [0.15, 0.2) is 36.4 Å². The third-order valence-corrected chi connectivity index (χ3v) is 4.86. The predicted octanol–water partition coefficient (Wildman–Crippen LogP) is 4.73. The van der Waals surface area contributed by atoms with E-state index in [-0.39, 0.29) is 0 Å². The third-order valence-electron chi connectivity index (χ3n) is 4.86. The highest BCUT2D eigenvalue weighted by atomic mass is 15.1. The van der Waals surface area contributed by atoms with E-state index in [0.29, 0.717) is 6.04 Å². The standard InChI is InChI=1S/C19H22N2/c1-14-6-5-7-16(12-14)21(2)19-11-10-15(13-20)17-8-3-4-9-18(17)19/h3-4,8-11,14,16H,5-7,12H2,1-2H3. The summed E-state index contributed by atoms with van der Waals surface area (Å²) in [4.78, 5) is 2.43. The van der Waals surface area contributed by atoms with E-state index in [1.807, 2.05) is 12.1 Å². The first-order valence-corrected chi connectivity index (χ1v) is 7.85. The molecule has 2 aromatic rings. The zero-order chi connectivity index (χ0) is 14.8. The maximum atomic E-state index is 9.28. The molecule has 3 rings (SSSR count). The van der Waals surface area contributed by atoms with Crippen molar-refractivity contribution in [2.75, 3.05) is 11.9 Å². The lowest BCUT2D eigenvalue weighted by Gasteiger charge is -2.36. The average molecular weight is 278 g/mol. The van der Waals surface area contributed by atoms with Gasteiger partial charge in [-0.15, -0.1) is 0 Å². The number of hydrogen-bond donors (Lipinski definition) is 0. The Morgan fingerprint density at radius 1 is 1.10 bits per heavy atom. The van der Waals surface area contributed by atoms with Gasteiger partial charge < -0.3 is 4.90 Å². The number of anilines is 1. The van der Waals surface area contributed by atoms with Crippen LogP contribution in [0, 0.1) is 17.2 Å². The van der Waals surface area contributed by atoms with E-state index < -0.39 is 0 Å². The quantitative estimate of drug-likeness (QED) is 0.794. The van der Waals surface area contributed by atoms with E-state index in [4.69, 9.17) is 0 Å². The van der Waals surface area contributed by atoms with Crippen molar-refractivity contribution in [3.63, 3.8) is 0 Å². The Morgan fingerprint density at radius 2 is 1.86 bits per heavy atom. The van der Waals surface area contributed by atoms with Gasteiger partial charge >= 0.3 is 0 Å². The fourth-order valence-corrected chi connectivity index (χ4v) is 3.64. The van der Waals surface area contributed by atoms with Crippen LogP contribution in [-0.4, -0.2) is 13.1 Å². The smallest absolute Gasteiger partial charge is 0.0998 e. The van der Waals surface area contributed by atoms with Gasteiger partial charge in [0.25, 0.3) is 0 Å². The summed E-state index contributed by atoms with van der Waals surface area (Å²) in [6, 6.07) is 15.2. The molecule has 2 heteroatoms. The van der Waals surface area contributed by atoms with Gasteiger partial charge in [-0.2, -0.15) is 5.26 Å². The Kier molecular flexibility index (Phi) is 3.84. The Hall–Kier alpha value is -2.01. The minimum Gasteiger partial charge on any atom is -0.371 e. The predicted molar refractivity (Wildman–Crippen MR) is 88.5 cm³/mol. The van der Waals surface area contributed by atoms with Gasteiger partial charge in [0.05, 0.1) is 11.6 Å². The van der Waals surface area contributed by atoms with Crippen LogP contribution in [0.3, 0.4) is 0 Å². The molecule has 0 radical (unpaired) electrons. The van der Waals surface area contributed by atoms with E-state index in [2.05, 4.69) is 49.2 Å². The molecule has 108 valence electrons. The number of nitriles is 1. The van der Waals surface area contributed by atoms with Crippen LogP contribution in [-0.2, 0) is 0 Å². The summed E-state index contributed by atoms with van der Waals surface area (Å²) < 4.78 is 0. The molecule has 0 amide bonds. The number of fused-ring (bicyclic) bond motifs is 1. The van der Waals surface area contributed by atoms with Crippen molar-refractivity contribution in [3.05, 3.63) is 42.0 Å². The van der Waals surface area contributed by atoms with Gasteiger partial charge in [0.2, 0.25) is 0 Å². The van der Waals surface area contributed by atoms with Crippen molar-refractivity contribution in [3.8, 4) is 6.07 Å². The molecule has 2 aromatic carbocycles. The summed E-state index contributed by atoms with van der Waals surface area (Å²) in [5, 5.41) is 11.5. The molecular formula is C19H22N2. The zero-order valence-electron chi connectivity index (χ0n) is 12.8. The van der Waals surface area contributed by atoms with Crippen LogP contribution in [0.25, 0.3) is 10.8 Å². The summed E-state index contributed by atoms with van der Waals surface area (Å²) in [6.07, 6.45) is 5.23. The van der Waals surface area contributed by atoms with E-state index in [1.165, 1.54) is 36.8 Å². The maximum Gasteiger partial charge on any atom is 0.0998 e. The molecule has 0 N–H and O–H groups in total. The lowest BCUT2D eigenvalue weighted by Crippen LogP contribution is -2.35. The molecule has 1 saturated carbocycles. The monoisotopic (exact) mass is 278 g/mol. The molecule has 1 aliphatic rings. The van der Waals surface area contributed by atoms with Crippen LogP contribution in [0.5, 0.6) is 0 Å². The van der Waals surface area contributed by atoms with E-state index >= 15 is 0 Å². The maximum absolute atomic E-state index is 9.28. The first-order valence-electron chi connectivity index (χ1n) is 7.85. The highest BCUT2D eigenvalue weighted by Crippen LogP contribution is 2.34. The SMILES string of the molecule is CC1CCCC(N(C)c2ccc(C#N)c3ccccc23)C1. The molecule has 0 aliphatic heterocycles. The number of benzene rings is 2. The number of nitrogens with zero attached hydrogens (tertiary/aromatic N) is 2. The third kappa shape index (κ3) is 2.61. The largest absolute Gasteiger partial charge is 0.371 e. The van der Waals surface area contributed by atoms with Gasteiger partial charge in [-0.25, -0.2) is 0 Å². The van der Waals surface area contributed by atoms with Crippen LogP contribution in [0.1, 0.15) is 38.2 Å². The van der Waals surface area contributed by atoms with Crippen LogP contribution < -0.4 is 4.90 Å². The van der Waals surface area contributed by atoms with Gasteiger partial charge in [-0.05, 0) is 30.9 Å².